The fourth-order valence-electron chi connectivity index (χ4n) is 3.69. The van der Waals surface area contributed by atoms with Crippen LogP contribution >= 0.6 is 35.3 Å². The molecule has 0 saturated carbocycles. The third-order valence-electron chi connectivity index (χ3n) is 5.13. The van der Waals surface area contributed by atoms with E-state index in [4.69, 9.17) is 9.73 Å². The first-order valence-electron chi connectivity index (χ1n) is 9.18. The molecule has 25 heavy (non-hydrogen) atoms. The van der Waals surface area contributed by atoms with E-state index < -0.39 is 0 Å². The van der Waals surface area contributed by atoms with Crippen LogP contribution in [0.2, 0.25) is 0 Å². The molecule has 0 bridgehead atoms. The SMILES string of the molecule is CCNC(=NCc1ccsc1)NCC1(N2CCCC2)CCOCC1.I. The second kappa shape index (κ2) is 10.7. The lowest BCUT2D eigenvalue weighted by Crippen LogP contribution is -2.58. The van der Waals surface area contributed by atoms with Gasteiger partial charge in [0.15, 0.2) is 5.96 Å². The Balaban J connectivity index is 0.00000225. The van der Waals surface area contributed by atoms with Gasteiger partial charge in [-0.2, -0.15) is 11.3 Å². The molecular weight excluding hydrogens is 447 g/mol. The van der Waals surface area contributed by atoms with Crippen LogP contribution in [0.25, 0.3) is 0 Å². The van der Waals surface area contributed by atoms with Crippen molar-refractivity contribution in [2.75, 3.05) is 39.4 Å². The van der Waals surface area contributed by atoms with Crippen LogP contribution in [0, 0.1) is 0 Å². The predicted molar refractivity (Wildman–Crippen MR) is 116 cm³/mol. The summed E-state index contributed by atoms with van der Waals surface area (Å²) in [5, 5.41) is 11.3. The Morgan fingerprint density at radius 3 is 2.68 bits per heavy atom. The maximum absolute atomic E-state index is 5.64. The molecule has 142 valence electrons. The number of guanidine groups is 1. The molecule has 1 aromatic rings. The van der Waals surface area contributed by atoms with Gasteiger partial charge in [0.2, 0.25) is 0 Å². The smallest absolute Gasteiger partial charge is 0.191 e. The van der Waals surface area contributed by atoms with Crippen molar-refractivity contribution in [1.29, 1.82) is 0 Å². The maximum Gasteiger partial charge on any atom is 0.191 e. The van der Waals surface area contributed by atoms with Crippen molar-refractivity contribution >= 4 is 41.3 Å². The van der Waals surface area contributed by atoms with Crippen molar-refractivity contribution in [3.63, 3.8) is 0 Å². The summed E-state index contributed by atoms with van der Waals surface area (Å²) in [4.78, 5) is 7.43. The minimum atomic E-state index is 0. The first-order valence-corrected chi connectivity index (χ1v) is 10.1. The lowest BCUT2D eigenvalue weighted by molar-refractivity contribution is -0.0164. The van der Waals surface area contributed by atoms with Crippen LogP contribution in [-0.2, 0) is 11.3 Å². The summed E-state index contributed by atoms with van der Waals surface area (Å²) < 4.78 is 5.64. The lowest BCUT2D eigenvalue weighted by Gasteiger charge is -2.45. The van der Waals surface area contributed by atoms with Crippen molar-refractivity contribution < 1.29 is 4.74 Å². The Morgan fingerprint density at radius 1 is 1.28 bits per heavy atom. The van der Waals surface area contributed by atoms with Crippen molar-refractivity contribution in [1.82, 2.24) is 15.5 Å². The van der Waals surface area contributed by atoms with Gasteiger partial charge in [-0.25, -0.2) is 4.99 Å². The average Bonchev–Trinajstić information content (AvgIpc) is 3.32. The third-order valence-corrected chi connectivity index (χ3v) is 5.86. The van der Waals surface area contributed by atoms with Gasteiger partial charge < -0.3 is 15.4 Å². The van der Waals surface area contributed by atoms with Gasteiger partial charge >= 0.3 is 0 Å². The third kappa shape index (κ3) is 5.80. The summed E-state index contributed by atoms with van der Waals surface area (Å²) in [6.07, 6.45) is 4.89. The van der Waals surface area contributed by atoms with Crippen LogP contribution in [0.5, 0.6) is 0 Å². The Labute approximate surface area is 172 Å². The highest BCUT2D eigenvalue weighted by molar-refractivity contribution is 14.0. The molecule has 3 rings (SSSR count). The highest BCUT2D eigenvalue weighted by atomic mass is 127. The van der Waals surface area contributed by atoms with Crippen LogP contribution in [-0.4, -0.2) is 55.8 Å². The van der Waals surface area contributed by atoms with Crippen LogP contribution in [0.4, 0.5) is 0 Å². The van der Waals surface area contributed by atoms with Crippen molar-refractivity contribution in [2.45, 2.75) is 44.7 Å². The van der Waals surface area contributed by atoms with E-state index in [2.05, 4.69) is 39.3 Å². The van der Waals surface area contributed by atoms with E-state index in [0.29, 0.717) is 0 Å². The Hall–Kier alpha value is -0.380. The van der Waals surface area contributed by atoms with Crippen LogP contribution in [0.15, 0.2) is 21.8 Å². The topological polar surface area (TPSA) is 48.9 Å². The quantitative estimate of drug-likeness (QED) is 0.375. The lowest BCUT2D eigenvalue weighted by atomic mass is 9.88. The van der Waals surface area contributed by atoms with E-state index in [1.807, 2.05) is 0 Å². The van der Waals surface area contributed by atoms with E-state index in [1.54, 1.807) is 11.3 Å². The van der Waals surface area contributed by atoms with Gasteiger partial charge in [0.1, 0.15) is 0 Å². The van der Waals surface area contributed by atoms with Crippen molar-refractivity contribution in [3.05, 3.63) is 22.4 Å². The average molecular weight is 478 g/mol. The first-order chi connectivity index (χ1) is 11.8. The van der Waals surface area contributed by atoms with Gasteiger partial charge in [-0.3, -0.25) is 4.90 Å². The number of likely N-dealkylation sites (tertiary alicyclic amines) is 1. The largest absolute Gasteiger partial charge is 0.381 e. The fraction of sp³-hybridized carbons (Fsp3) is 0.722. The second-order valence-corrected chi connectivity index (χ2v) is 7.49. The molecule has 5 nitrogen and oxygen atoms in total. The molecule has 1 aromatic heterocycles. The highest BCUT2D eigenvalue weighted by Gasteiger charge is 2.39. The molecule has 0 atom stereocenters. The monoisotopic (exact) mass is 478 g/mol. The normalized spacial score (nSPS) is 20.9. The zero-order valence-electron chi connectivity index (χ0n) is 15.1. The number of rotatable bonds is 6. The number of halogens is 1. The fourth-order valence-corrected chi connectivity index (χ4v) is 4.35. The predicted octanol–water partition coefficient (Wildman–Crippen LogP) is 3.07. The van der Waals surface area contributed by atoms with Crippen LogP contribution in [0.3, 0.4) is 0 Å². The van der Waals surface area contributed by atoms with E-state index in [1.165, 1.54) is 31.5 Å². The van der Waals surface area contributed by atoms with Crippen molar-refractivity contribution in [2.24, 2.45) is 4.99 Å². The van der Waals surface area contributed by atoms with E-state index in [9.17, 15) is 0 Å². The van der Waals surface area contributed by atoms with Gasteiger partial charge in [0.25, 0.3) is 0 Å². The summed E-state index contributed by atoms with van der Waals surface area (Å²) in [5.41, 5.74) is 1.50. The minimum Gasteiger partial charge on any atom is -0.381 e. The molecule has 0 amide bonds. The molecule has 0 aromatic carbocycles. The summed E-state index contributed by atoms with van der Waals surface area (Å²) in [5.74, 6) is 0.925. The van der Waals surface area contributed by atoms with Crippen LogP contribution < -0.4 is 10.6 Å². The van der Waals surface area contributed by atoms with Gasteiger partial charge in [-0.05, 0) is 68.1 Å². The van der Waals surface area contributed by atoms with Gasteiger partial charge in [-0.1, -0.05) is 0 Å². The summed E-state index contributed by atoms with van der Waals surface area (Å²) in [6, 6.07) is 2.14. The molecule has 2 fully saturated rings. The van der Waals surface area contributed by atoms with Crippen molar-refractivity contribution in [3.8, 4) is 0 Å². The van der Waals surface area contributed by atoms with Crippen LogP contribution in [0.1, 0.15) is 38.2 Å². The Morgan fingerprint density at radius 2 is 2.04 bits per heavy atom. The molecule has 0 aliphatic carbocycles. The molecular formula is C18H31IN4OS. The van der Waals surface area contributed by atoms with Gasteiger partial charge in [0, 0.05) is 31.8 Å². The number of nitrogens with one attached hydrogen (secondary N) is 2. The summed E-state index contributed by atoms with van der Waals surface area (Å²) >= 11 is 1.73. The molecule has 2 N–H and O–H groups in total. The molecule has 3 heterocycles. The molecule has 0 unspecified atom stereocenters. The summed E-state index contributed by atoms with van der Waals surface area (Å²) in [7, 11) is 0. The van der Waals surface area contributed by atoms with E-state index in [-0.39, 0.29) is 29.5 Å². The van der Waals surface area contributed by atoms with Gasteiger partial charge in [0.05, 0.1) is 6.54 Å². The molecule has 2 saturated heterocycles. The number of nitrogens with zero attached hydrogens (tertiary/aromatic N) is 2. The van der Waals surface area contributed by atoms with E-state index >= 15 is 0 Å². The Bertz CT molecular complexity index is 511. The number of ether oxygens (including phenoxy) is 1. The number of hydrogen-bond acceptors (Lipinski definition) is 4. The molecule has 0 radical (unpaired) electrons. The standard InChI is InChI=1S/C18H30N4OS.HI/c1-2-19-17(20-13-16-5-12-24-14-16)21-15-18(6-10-23-11-7-18)22-8-3-4-9-22;/h5,12,14H,2-4,6-11,13,15H2,1H3,(H2,19,20,21);1H. The second-order valence-electron chi connectivity index (χ2n) is 6.71. The number of thiophene rings is 1. The number of hydrogen-bond donors (Lipinski definition) is 2. The minimum absolute atomic E-state index is 0. The maximum atomic E-state index is 5.64. The highest BCUT2D eigenvalue weighted by Crippen LogP contribution is 2.30. The summed E-state index contributed by atoms with van der Waals surface area (Å²) in [6.45, 7) is 8.89. The molecule has 0 spiro atoms. The van der Waals surface area contributed by atoms with E-state index in [0.717, 1.165) is 51.6 Å². The molecule has 2 aliphatic rings. The zero-order chi connectivity index (χ0) is 16.7. The molecule has 7 heteroatoms. The molecule has 2 aliphatic heterocycles. The van der Waals surface area contributed by atoms with Gasteiger partial charge in [-0.15, -0.1) is 24.0 Å². The number of aliphatic imine (C=N–C) groups is 1. The zero-order valence-corrected chi connectivity index (χ0v) is 18.3. The Kier molecular flexibility index (Phi) is 8.95. The first kappa shape index (κ1) is 20.9.